The molecule has 1 aliphatic rings. The van der Waals surface area contributed by atoms with E-state index < -0.39 is 21.4 Å². The second-order valence-electron chi connectivity index (χ2n) is 8.42. The SMILES string of the molecule is COc1cccc(NS(=O)(=O)c2ccc3[nH]cc(C(=O)N[C@@H]4CCCC[C@@H]4C)c(=O)c3c2)c1. The van der Waals surface area contributed by atoms with Crippen LogP contribution < -0.4 is 20.2 Å². The van der Waals surface area contributed by atoms with Crippen LogP contribution in [0.5, 0.6) is 5.75 Å². The second kappa shape index (κ2) is 9.27. The zero-order valence-corrected chi connectivity index (χ0v) is 19.4. The summed E-state index contributed by atoms with van der Waals surface area (Å²) in [7, 11) is -2.48. The minimum absolute atomic E-state index is 0.0279. The normalized spacial score (nSPS) is 18.6. The van der Waals surface area contributed by atoms with Gasteiger partial charge in [0.1, 0.15) is 11.3 Å². The number of carbonyl (C=O) groups excluding carboxylic acids is 1. The van der Waals surface area contributed by atoms with Crippen molar-refractivity contribution in [1.82, 2.24) is 10.3 Å². The van der Waals surface area contributed by atoms with E-state index in [4.69, 9.17) is 4.74 Å². The Kier molecular flexibility index (Phi) is 6.42. The maximum atomic E-state index is 13.1. The summed E-state index contributed by atoms with van der Waals surface area (Å²) in [6.07, 6.45) is 5.50. The fraction of sp³-hybridized carbons (Fsp3) is 0.333. The van der Waals surface area contributed by atoms with Crippen molar-refractivity contribution < 1.29 is 17.9 Å². The summed E-state index contributed by atoms with van der Waals surface area (Å²) in [5.74, 6) is 0.412. The monoisotopic (exact) mass is 469 g/mol. The molecule has 0 radical (unpaired) electrons. The summed E-state index contributed by atoms with van der Waals surface area (Å²) in [5.41, 5.74) is 0.236. The second-order valence-corrected chi connectivity index (χ2v) is 10.1. The van der Waals surface area contributed by atoms with Gasteiger partial charge < -0.3 is 15.0 Å². The third-order valence-electron chi connectivity index (χ3n) is 6.16. The third-order valence-corrected chi connectivity index (χ3v) is 7.54. The smallest absolute Gasteiger partial charge is 0.261 e. The van der Waals surface area contributed by atoms with Crippen LogP contribution in [0.2, 0.25) is 0 Å². The van der Waals surface area contributed by atoms with Crippen molar-refractivity contribution in [3.63, 3.8) is 0 Å². The number of hydrogen-bond donors (Lipinski definition) is 3. The average Bonchev–Trinajstić information content (AvgIpc) is 2.80. The molecule has 0 unspecified atom stereocenters. The van der Waals surface area contributed by atoms with Crippen molar-refractivity contribution in [2.45, 2.75) is 43.5 Å². The Morgan fingerprint density at radius 3 is 2.67 bits per heavy atom. The van der Waals surface area contributed by atoms with Crippen molar-refractivity contribution in [1.29, 1.82) is 0 Å². The number of carbonyl (C=O) groups is 1. The highest BCUT2D eigenvalue weighted by molar-refractivity contribution is 7.92. The van der Waals surface area contributed by atoms with Gasteiger partial charge in [0.05, 0.1) is 17.7 Å². The highest BCUT2D eigenvalue weighted by Crippen LogP contribution is 2.24. The number of sulfonamides is 1. The van der Waals surface area contributed by atoms with Crippen LogP contribution in [-0.2, 0) is 10.0 Å². The van der Waals surface area contributed by atoms with E-state index in [1.54, 1.807) is 24.3 Å². The molecule has 3 N–H and O–H groups in total. The van der Waals surface area contributed by atoms with Gasteiger partial charge >= 0.3 is 0 Å². The van der Waals surface area contributed by atoms with Crippen molar-refractivity contribution in [3.8, 4) is 5.75 Å². The first kappa shape index (κ1) is 22.8. The van der Waals surface area contributed by atoms with Gasteiger partial charge in [0.2, 0.25) is 5.43 Å². The van der Waals surface area contributed by atoms with Crippen molar-refractivity contribution in [2.75, 3.05) is 11.8 Å². The summed E-state index contributed by atoms with van der Waals surface area (Å²) >= 11 is 0. The van der Waals surface area contributed by atoms with Crippen LogP contribution >= 0.6 is 0 Å². The molecule has 1 saturated carbocycles. The van der Waals surface area contributed by atoms with Gasteiger partial charge in [-0.15, -0.1) is 0 Å². The number of nitrogens with one attached hydrogen (secondary N) is 3. The number of anilines is 1. The van der Waals surface area contributed by atoms with E-state index in [2.05, 4.69) is 21.9 Å². The molecule has 8 nitrogen and oxygen atoms in total. The molecule has 0 spiro atoms. The first-order valence-corrected chi connectivity index (χ1v) is 12.4. The van der Waals surface area contributed by atoms with E-state index in [0.29, 0.717) is 22.9 Å². The largest absolute Gasteiger partial charge is 0.497 e. The van der Waals surface area contributed by atoms with Crippen LogP contribution in [0.15, 0.2) is 58.4 Å². The quantitative estimate of drug-likeness (QED) is 0.509. The fourth-order valence-electron chi connectivity index (χ4n) is 4.21. The zero-order valence-electron chi connectivity index (χ0n) is 18.6. The molecule has 0 saturated heterocycles. The Balaban J connectivity index is 1.64. The molecule has 2 aromatic carbocycles. The van der Waals surface area contributed by atoms with Crippen molar-refractivity contribution >= 4 is 32.5 Å². The minimum atomic E-state index is -3.97. The highest BCUT2D eigenvalue weighted by atomic mass is 32.2. The average molecular weight is 470 g/mol. The Morgan fingerprint density at radius 2 is 1.91 bits per heavy atom. The predicted molar refractivity (Wildman–Crippen MR) is 127 cm³/mol. The number of hydrogen-bond acceptors (Lipinski definition) is 5. The number of fused-ring (bicyclic) bond motifs is 1. The lowest BCUT2D eigenvalue weighted by Crippen LogP contribution is -2.42. The van der Waals surface area contributed by atoms with Gasteiger partial charge in [-0.25, -0.2) is 8.42 Å². The number of ether oxygens (including phenoxy) is 1. The fourth-order valence-corrected chi connectivity index (χ4v) is 5.29. The molecule has 0 bridgehead atoms. The Hall–Kier alpha value is -3.33. The van der Waals surface area contributed by atoms with Gasteiger partial charge in [-0.2, -0.15) is 0 Å². The molecule has 0 aliphatic heterocycles. The summed E-state index contributed by atoms with van der Waals surface area (Å²) in [5, 5.41) is 3.11. The lowest BCUT2D eigenvalue weighted by atomic mass is 9.86. The zero-order chi connectivity index (χ0) is 23.6. The molecule has 1 aliphatic carbocycles. The minimum Gasteiger partial charge on any atom is -0.497 e. The third kappa shape index (κ3) is 4.88. The van der Waals surface area contributed by atoms with Crippen LogP contribution in [0.1, 0.15) is 43.0 Å². The van der Waals surface area contributed by atoms with Gasteiger partial charge in [-0.1, -0.05) is 25.8 Å². The number of benzene rings is 2. The highest BCUT2D eigenvalue weighted by Gasteiger charge is 2.25. The molecule has 3 aromatic rings. The number of pyridine rings is 1. The number of aromatic amines is 1. The summed E-state index contributed by atoms with van der Waals surface area (Å²) in [4.78, 5) is 28.8. The van der Waals surface area contributed by atoms with Crippen LogP contribution in [0, 0.1) is 5.92 Å². The molecule has 174 valence electrons. The van der Waals surface area contributed by atoms with Gasteiger partial charge in [-0.05, 0) is 49.1 Å². The van der Waals surface area contributed by atoms with Gasteiger partial charge in [0.25, 0.3) is 15.9 Å². The lowest BCUT2D eigenvalue weighted by molar-refractivity contribution is 0.0909. The molecule has 1 aromatic heterocycles. The number of rotatable bonds is 6. The molecular formula is C24H27N3O5S. The molecule has 9 heteroatoms. The van der Waals surface area contributed by atoms with E-state index >= 15 is 0 Å². The van der Waals surface area contributed by atoms with Crippen LogP contribution in [0.4, 0.5) is 5.69 Å². The molecule has 1 amide bonds. The van der Waals surface area contributed by atoms with Crippen LogP contribution in [0.3, 0.4) is 0 Å². The first-order chi connectivity index (χ1) is 15.8. The standard InChI is InChI=1S/C24H27N3O5S/c1-15-6-3-4-9-21(15)26-24(29)20-14-25-22-11-10-18(13-19(22)23(20)28)33(30,31)27-16-7-5-8-17(12-16)32-2/h5,7-8,10-15,21,27H,3-4,6,9H2,1-2H3,(H,25,28)(H,26,29)/t15-,21+/m0/s1. The van der Waals surface area contributed by atoms with E-state index in [-0.39, 0.29) is 21.9 Å². The molecule has 1 heterocycles. The van der Waals surface area contributed by atoms with Gasteiger partial charge in [0, 0.05) is 29.2 Å². The van der Waals surface area contributed by atoms with E-state index in [9.17, 15) is 18.0 Å². The molecule has 1 fully saturated rings. The summed E-state index contributed by atoms with van der Waals surface area (Å²) in [6.45, 7) is 2.10. The van der Waals surface area contributed by atoms with Crippen molar-refractivity contribution in [3.05, 3.63) is 64.4 Å². The number of H-pyrrole nitrogens is 1. The maximum absolute atomic E-state index is 13.1. The molecule has 2 atom stereocenters. The number of methoxy groups -OCH3 is 1. The topological polar surface area (TPSA) is 117 Å². The van der Waals surface area contributed by atoms with E-state index in [1.807, 2.05) is 0 Å². The van der Waals surface area contributed by atoms with Crippen molar-refractivity contribution in [2.24, 2.45) is 5.92 Å². The maximum Gasteiger partial charge on any atom is 0.261 e. The first-order valence-electron chi connectivity index (χ1n) is 10.9. The number of aromatic nitrogens is 1. The molecule has 4 rings (SSSR count). The molecular weight excluding hydrogens is 442 g/mol. The van der Waals surface area contributed by atoms with E-state index in [1.165, 1.54) is 31.5 Å². The van der Waals surface area contributed by atoms with Crippen LogP contribution in [0.25, 0.3) is 10.9 Å². The Labute approximate surface area is 192 Å². The summed E-state index contributed by atoms with van der Waals surface area (Å²) < 4.78 is 33.5. The van der Waals surface area contributed by atoms with Gasteiger partial charge in [-0.3, -0.25) is 14.3 Å². The molecule has 33 heavy (non-hydrogen) atoms. The van der Waals surface area contributed by atoms with Crippen LogP contribution in [-0.4, -0.2) is 32.5 Å². The summed E-state index contributed by atoms with van der Waals surface area (Å²) in [6, 6.07) is 10.8. The van der Waals surface area contributed by atoms with E-state index in [0.717, 1.165) is 25.7 Å². The lowest BCUT2D eigenvalue weighted by Gasteiger charge is -2.29. The predicted octanol–water partition coefficient (Wildman–Crippen LogP) is 3.65. The number of amides is 1. The Morgan fingerprint density at radius 1 is 1.12 bits per heavy atom. The Bertz CT molecular complexity index is 1350. The van der Waals surface area contributed by atoms with Gasteiger partial charge in [0.15, 0.2) is 0 Å².